The van der Waals surface area contributed by atoms with E-state index in [1.165, 1.54) is 0 Å². The van der Waals surface area contributed by atoms with Crippen LogP contribution >= 0.6 is 0 Å². The highest BCUT2D eigenvalue weighted by Gasteiger charge is 2.35. The smallest absolute Gasteiger partial charge is 0.305 e. The fraction of sp³-hybridized carbons (Fsp3) is 0.882. The van der Waals surface area contributed by atoms with Crippen LogP contribution in [0.15, 0.2) is 5.11 Å². The number of aliphatic hydroxyl groups excluding tert-OH is 1. The van der Waals surface area contributed by atoms with Crippen LogP contribution in [0.25, 0.3) is 10.4 Å². The highest BCUT2D eigenvalue weighted by Crippen LogP contribution is 2.23. The van der Waals surface area contributed by atoms with Gasteiger partial charge in [-0.2, -0.15) is 0 Å². The van der Waals surface area contributed by atoms with E-state index in [1.54, 1.807) is 13.8 Å². The van der Waals surface area contributed by atoms with Gasteiger partial charge in [-0.3, -0.25) is 9.59 Å². The Morgan fingerprint density at radius 3 is 2.14 bits per heavy atom. The van der Waals surface area contributed by atoms with Gasteiger partial charge < -0.3 is 34.5 Å². The van der Waals surface area contributed by atoms with Crippen LogP contribution in [0.3, 0.4) is 0 Å². The zero-order chi connectivity index (χ0) is 22.0. The van der Waals surface area contributed by atoms with Gasteiger partial charge in [0.15, 0.2) is 0 Å². The van der Waals surface area contributed by atoms with Crippen molar-refractivity contribution in [3.05, 3.63) is 10.4 Å². The standard InChI is InChI=1S/C17H32N4O8/c1-17(2,13-22)15(16(25)19-4-3-14(23)24)29-12-11-28-10-9-27-8-7-26-6-5-20-21-18/h15,22H,3-13H2,1-2H3,(H,19,25)(H,23,24)/t15-/m0/s1. The summed E-state index contributed by atoms with van der Waals surface area (Å²) in [4.78, 5) is 25.4. The average Bonchev–Trinajstić information content (AvgIpc) is 2.67. The van der Waals surface area contributed by atoms with E-state index in [9.17, 15) is 14.7 Å². The van der Waals surface area contributed by atoms with Gasteiger partial charge in [-0.25, -0.2) is 0 Å². The van der Waals surface area contributed by atoms with Crippen LogP contribution < -0.4 is 5.32 Å². The fourth-order valence-corrected chi connectivity index (χ4v) is 2.04. The molecule has 168 valence electrons. The summed E-state index contributed by atoms with van der Waals surface area (Å²) in [5.41, 5.74) is 7.26. The van der Waals surface area contributed by atoms with Crippen LogP contribution in [0.1, 0.15) is 20.3 Å². The number of carbonyl (C=O) groups is 2. The number of aliphatic hydroxyl groups is 1. The lowest BCUT2D eigenvalue weighted by atomic mass is 9.87. The molecule has 0 aromatic heterocycles. The molecule has 0 saturated heterocycles. The first-order valence-corrected chi connectivity index (χ1v) is 9.31. The molecule has 0 aliphatic carbocycles. The maximum Gasteiger partial charge on any atom is 0.305 e. The number of hydrogen-bond acceptors (Lipinski definition) is 8. The van der Waals surface area contributed by atoms with Crippen molar-refractivity contribution in [2.45, 2.75) is 26.4 Å². The van der Waals surface area contributed by atoms with Crippen LogP contribution in [0.4, 0.5) is 0 Å². The minimum Gasteiger partial charge on any atom is -0.481 e. The number of carbonyl (C=O) groups excluding carboxylic acids is 1. The number of amides is 1. The monoisotopic (exact) mass is 420 g/mol. The zero-order valence-electron chi connectivity index (χ0n) is 17.0. The highest BCUT2D eigenvalue weighted by molar-refractivity contribution is 5.82. The molecule has 0 aliphatic heterocycles. The SMILES string of the molecule is CC(C)(CO)[C@@H](OCCOCCOCCOCCN=[N+]=[N-])C(=O)NCCC(=O)O. The molecule has 12 nitrogen and oxygen atoms in total. The average molecular weight is 420 g/mol. The van der Waals surface area contributed by atoms with Crippen molar-refractivity contribution in [1.82, 2.24) is 5.32 Å². The second-order valence-corrected chi connectivity index (χ2v) is 6.62. The fourth-order valence-electron chi connectivity index (χ4n) is 2.04. The quantitative estimate of drug-likeness (QED) is 0.116. The van der Waals surface area contributed by atoms with Crippen LogP contribution in [0.5, 0.6) is 0 Å². The molecule has 3 N–H and O–H groups in total. The molecule has 29 heavy (non-hydrogen) atoms. The van der Waals surface area contributed by atoms with Gasteiger partial charge in [-0.15, -0.1) is 0 Å². The Morgan fingerprint density at radius 1 is 1.07 bits per heavy atom. The number of ether oxygens (including phenoxy) is 4. The summed E-state index contributed by atoms with van der Waals surface area (Å²) in [6, 6.07) is 0. The molecule has 0 rings (SSSR count). The molecule has 0 heterocycles. The molecule has 0 aromatic rings. The van der Waals surface area contributed by atoms with Crippen LogP contribution in [0, 0.1) is 5.41 Å². The van der Waals surface area contributed by atoms with E-state index in [0.29, 0.717) is 33.0 Å². The number of nitrogens with one attached hydrogen (secondary N) is 1. The van der Waals surface area contributed by atoms with E-state index in [0.717, 1.165) is 0 Å². The Balaban J connectivity index is 3.92. The number of rotatable bonds is 19. The van der Waals surface area contributed by atoms with Crippen molar-refractivity contribution in [2.75, 3.05) is 65.9 Å². The third kappa shape index (κ3) is 14.7. The number of carboxylic acid groups (broad SMARTS) is 1. The van der Waals surface area contributed by atoms with Gasteiger partial charge in [0.1, 0.15) is 6.10 Å². The molecule has 0 saturated carbocycles. The summed E-state index contributed by atoms with van der Waals surface area (Å²) < 4.78 is 21.4. The van der Waals surface area contributed by atoms with Crippen molar-refractivity contribution >= 4 is 11.9 Å². The second kappa shape index (κ2) is 17.0. The van der Waals surface area contributed by atoms with E-state index in [2.05, 4.69) is 15.3 Å². The molecule has 0 radical (unpaired) electrons. The summed E-state index contributed by atoms with van der Waals surface area (Å²) in [5.74, 6) is -1.49. The van der Waals surface area contributed by atoms with E-state index >= 15 is 0 Å². The molecule has 0 unspecified atom stereocenters. The Labute approximate surface area is 170 Å². The lowest BCUT2D eigenvalue weighted by Gasteiger charge is -2.31. The van der Waals surface area contributed by atoms with Gasteiger partial charge in [0.2, 0.25) is 5.91 Å². The number of nitrogens with zero attached hydrogens (tertiary/aromatic N) is 3. The van der Waals surface area contributed by atoms with Gasteiger partial charge in [-0.05, 0) is 5.53 Å². The number of hydrogen-bond donors (Lipinski definition) is 3. The largest absolute Gasteiger partial charge is 0.481 e. The normalized spacial score (nSPS) is 12.2. The third-order valence-corrected chi connectivity index (χ3v) is 3.65. The summed E-state index contributed by atoms with van der Waals surface area (Å²) in [6.07, 6.45) is -1.14. The predicted octanol–water partition coefficient (Wildman–Crippen LogP) is 0.341. The minimum absolute atomic E-state index is 0.0153. The summed E-state index contributed by atoms with van der Waals surface area (Å²) >= 11 is 0. The molecular formula is C17H32N4O8. The van der Waals surface area contributed by atoms with Gasteiger partial charge in [0, 0.05) is 23.4 Å². The Hall–Kier alpha value is -1.95. The highest BCUT2D eigenvalue weighted by atomic mass is 16.6. The number of carboxylic acids is 1. The molecule has 1 amide bonds. The summed E-state index contributed by atoms with van der Waals surface area (Å²) in [7, 11) is 0. The lowest BCUT2D eigenvalue weighted by molar-refractivity contribution is -0.145. The van der Waals surface area contributed by atoms with Crippen molar-refractivity contribution < 1.29 is 38.7 Å². The van der Waals surface area contributed by atoms with E-state index in [4.69, 9.17) is 29.6 Å². The number of aliphatic carboxylic acids is 1. The minimum atomic E-state index is -1.01. The first-order chi connectivity index (χ1) is 13.8. The Morgan fingerprint density at radius 2 is 1.62 bits per heavy atom. The summed E-state index contributed by atoms with van der Waals surface area (Å²) in [5, 5.41) is 24.0. The maximum atomic E-state index is 12.2. The van der Waals surface area contributed by atoms with Crippen molar-refractivity contribution in [2.24, 2.45) is 10.5 Å². The molecule has 12 heteroatoms. The van der Waals surface area contributed by atoms with E-state index in [1.807, 2.05) is 0 Å². The maximum absolute atomic E-state index is 12.2. The molecule has 0 spiro atoms. The first kappa shape index (κ1) is 27.0. The third-order valence-electron chi connectivity index (χ3n) is 3.65. The van der Waals surface area contributed by atoms with Crippen LogP contribution in [-0.4, -0.2) is 94.1 Å². The Kier molecular flexibility index (Phi) is 15.8. The zero-order valence-corrected chi connectivity index (χ0v) is 17.0. The van der Waals surface area contributed by atoms with Gasteiger partial charge in [0.05, 0.1) is 59.3 Å². The van der Waals surface area contributed by atoms with E-state index < -0.39 is 23.4 Å². The van der Waals surface area contributed by atoms with Crippen molar-refractivity contribution in [1.29, 1.82) is 0 Å². The molecular weight excluding hydrogens is 388 g/mol. The lowest BCUT2D eigenvalue weighted by Crippen LogP contribution is -2.48. The van der Waals surface area contributed by atoms with Crippen molar-refractivity contribution in [3.63, 3.8) is 0 Å². The van der Waals surface area contributed by atoms with Crippen molar-refractivity contribution in [3.8, 4) is 0 Å². The van der Waals surface area contributed by atoms with Crippen LogP contribution in [-0.2, 0) is 28.5 Å². The second-order valence-electron chi connectivity index (χ2n) is 6.62. The van der Waals surface area contributed by atoms with Crippen LogP contribution in [0.2, 0.25) is 0 Å². The molecule has 0 aromatic carbocycles. The van der Waals surface area contributed by atoms with Gasteiger partial charge in [0.25, 0.3) is 0 Å². The topological polar surface area (TPSA) is 172 Å². The van der Waals surface area contributed by atoms with E-state index in [-0.39, 0.29) is 39.3 Å². The molecule has 0 bridgehead atoms. The Bertz CT molecular complexity index is 512. The number of azide groups is 1. The molecule has 0 aliphatic rings. The van der Waals surface area contributed by atoms with Gasteiger partial charge >= 0.3 is 5.97 Å². The molecule has 0 fully saturated rings. The predicted molar refractivity (Wildman–Crippen MR) is 102 cm³/mol. The summed E-state index contributed by atoms with van der Waals surface area (Å²) in [6.45, 7) is 5.52. The van der Waals surface area contributed by atoms with Gasteiger partial charge in [-0.1, -0.05) is 19.0 Å². The first-order valence-electron chi connectivity index (χ1n) is 9.31. The molecule has 1 atom stereocenters.